The van der Waals surface area contributed by atoms with Crippen molar-refractivity contribution in [3.63, 3.8) is 0 Å². The van der Waals surface area contributed by atoms with Crippen LogP contribution in [0.15, 0.2) is 120 Å². The quantitative estimate of drug-likeness (QED) is 0.284. The van der Waals surface area contributed by atoms with Gasteiger partial charge in [0.2, 0.25) is 0 Å². The van der Waals surface area contributed by atoms with Gasteiger partial charge in [0.15, 0.2) is 0 Å². The van der Waals surface area contributed by atoms with Crippen molar-refractivity contribution in [1.82, 2.24) is 0 Å². The topological polar surface area (TPSA) is 13.1 Å². The first kappa shape index (κ1) is 18.7. The lowest BCUT2D eigenvalue weighted by Gasteiger charge is -2.08. The number of hydrogen-bond acceptors (Lipinski definition) is 1. The van der Waals surface area contributed by atoms with Crippen molar-refractivity contribution >= 4 is 21.9 Å². The Bertz CT molecular complexity index is 1550. The summed E-state index contributed by atoms with van der Waals surface area (Å²) in [4.78, 5) is 0. The van der Waals surface area contributed by atoms with E-state index in [0.29, 0.717) is 0 Å². The van der Waals surface area contributed by atoms with Crippen LogP contribution >= 0.6 is 0 Å². The Morgan fingerprint density at radius 3 is 1.62 bits per heavy atom. The van der Waals surface area contributed by atoms with Crippen LogP contribution in [0.3, 0.4) is 0 Å². The van der Waals surface area contributed by atoms with Crippen molar-refractivity contribution in [2.75, 3.05) is 0 Å². The van der Waals surface area contributed by atoms with E-state index in [-0.39, 0.29) is 0 Å². The van der Waals surface area contributed by atoms with Crippen molar-refractivity contribution in [1.29, 1.82) is 0 Å². The highest BCUT2D eigenvalue weighted by Crippen LogP contribution is 2.33. The van der Waals surface area contributed by atoms with Gasteiger partial charge in [-0.1, -0.05) is 96.6 Å². The first-order valence-electron chi connectivity index (χ1n) is 10.9. The lowest BCUT2D eigenvalue weighted by Crippen LogP contribution is -1.83. The maximum Gasteiger partial charge on any atom is 0.135 e. The molecule has 152 valence electrons. The second kappa shape index (κ2) is 7.55. The highest BCUT2D eigenvalue weighted by atomic mass is 16.3. The number of para-hydroxylation sites is 1. The molecule has 0 bridgehead atoms. The summed E-state index contributed by atoms with van der Waals surface area (Å²) in [5.74, 6) is 0. The summed E-state index contributed by atoms with van der Waals surface area (Å²) in [6.07, 6.45) is 0. The van der Waals surface area contributed by atoms with Gasteiger partial charge in [0.05, 0.1) is 0 Å². The molecule has 0 fully saturated rings. The summed E-state index contributed by atoms with van der Waals surface area (Å²) in [7, 11) is 0. The Morgan fingerprint density at radius 2 is 0.938 bits per heavy atom. The maximum absolute atomic E-state index is 5.97. The van der Waals surface area contributed by atoms with Gasteiger partial charge in [0.25, 0.3) is 0 Å². The predicted octanol–water partition coefficient (Wildman–Crippen LogP) is 8.90. The average Bonchev–Trinajstić information content (AvgIpc) is 3.23. The van der Waals surface area contributed by atoms with Crippen molar-refractivity contribution in [2.24, 2.45) is 0 Å². The van der Waals surface area contributed by atoms with Crippen molar-refractivity contribution in [3.05, 3.63) is 121 Å². The van der Waals surface area contributed by atoms with Gasteiger partial charge in [-0.15, -0.1) is 0 Å². The molecule has 0 amide bonds. The van der Waals surface area contributed by atoms with Crippen molar-refractivity contribution in [2.45, 2.75) is 6.92 Å². The van der Waals surface area contributed by atoms with E-state index in [2.05, 4.69) is 110 Å². The monoisotopic (exact) mass is 410 g/mol. The lowest BCUT2D eigenvalue weighted by atomic mass is 9.96. The van der Waals surface area contributed by atoms with E-state index in [1.807, 2.05) is 12.1 Å². The van der Waals surface area contributed by atoms with E-state index in [4.69, 9.17) is 4.42 Å². The summed E-state index contributed by atoms with van der Waals surface area (Å²) >= 11 is 0. The van der Waals surface area contributed by atoms with Crippen LogP contribution in [0.5, 0.6) is 0 Å². The molecule has 1 nitrogen and oxygen atoms in total. The van der Waals surface area contributed by atoms with E-state index < -0.39 is 0 Å². The zero-order valence-electron chi connectivity index (χ0n) is 17.9. The smallest absolute Gasteiger partial charge is 0.135 e. The number of aryl methyl sites for hydroxylation is 1. The van der Waals surface area contributed by atoms with Gasteiger partial charge in [-0.25, -0.2) is 0 Å². The molecule has 0 saturated heterocycles. The summed E-state index contributed by atoms with van der Waals surface area (Å²) in [6, 6.07) is 40.9. The Labute approximate surface area is 187 Å². The second-order valence-corrected chi connectivity index (χ2v) is 8.33. The van der Waals surface area contributed by atoms with Crippen LogP contribution in [0.4, 0.5) is 0 Å². The maximum atomic E-state index is 5.97. The molecule has 0 N–H and O–H groups in total. The first-order chi connectivity index (χ1) is 15.7. The summed E-state index contributed by atoms with van der Waals surface area (Å²) in [5, 5.41) is 2.32. The van der Waals surface area contributed by atoms with Gasteiger partial charge in [-0.05, 0) is 64.6 Å². The van der Waals surface area contributed by atoms with Gasteiger partial charge in [-0.2, -0.15) is 0 Å². The lowest BCUT2D eigenvalue weighted by molar-refractivity contribution is 0.669. The molecule has 6 rings (SSSR count). The summed E-state index contributed by atoms with van der Waals surface area (Å²) < 4.78 is 5.97. The molecule has 1 heteroatoms. The number of benzene rings is 5. The zero-order chi connectivity index (χ0) is 21.5. The van der Waals surface area contributed by atoms with Gasteiger partial charge >= 0.3 is 0 Å². The molecule has 0 aliphatic carbocycles. The fraction of sp³-hybridized carbons (Fsp3) is 0.0323. The van der Waals surface area contributed by atoms with E-state index in [9.17, 15) is 0 Å². The summed E-state index contributed by atoms with van der Waals surface area (Å²) in [5.41, 5.74) is 10.5. The SMILES string of the molecule is Cc1ccc(-c2cccc(-c3ccc(-c4ccc5oc6ccccc6c5c4)cc3)c2)cc1. The molecular formula is C31H22O. The highest BCUT2D eigenvalue weighted by Gasteiger charge is 2.08. The number of rotatable bonds is 3. The minimum atomic E-state index is 0.930. The third kappa shape index (κ3) is 3.29. The molecule has 0 unspecified atom stereocenters. The third-order valence-corrected chi connectivity index (χ3v) is 6.18. The Kier molecular flexibility index (Phi) is 4.40. The molecule has 5 aromatic carbocycles. The molecular weight excluding hydrogens is 388 g/mol. The van der Waals surface area contributed by atoms with Gasteiger partial charge in [-0.3, -0.25) is 0 Å². The third-order valence-electron chi connectivity index (χ3n) is 6.18. The molecule has 0 radical (unpaired) electrons. The molecule has 1 heterocycles. The molecule has 0 aliphatic rings. The van der Waals surface area contributed by atoms with E-state index in [1.165, 1.54) is 38.9 Å². The summed E-state index contributed by atoms with van der Waals surface area (Å²) in [6.45, 7) is 2.12. The minimum absolute atomic E-state index is 0.930. The van der Waals surface area contributed by atoms with Crippen LogP contribution < -0.4 is 0 Å². The van der Waals surface area contributed by atoms with Crippen LogP contribution in [0, 0.1) is 6.92 Å². The van der Waals surface area contributed by atoms with Gasteiger partial charge in [0.1, 0.15) is 11.2 Å². The van der Waals surface area contributed by atoms with Crippen LogP contribution in [0.25, 0.3) is 55.3 Å². The Balaban J connectivity index is 1.35. The Morgan fingerprint density at radius 1 is 0.406 bits per heavy atom. The average molecular weight is 411 g/mol. The minimum Gasteiger partial charge on any atom is -0.456 e. The molecule has 0 aliphatic heterocycles. The zero-order valence-corrected chi connectivity index (χ0v) is 17.9. The van der Waals surface area contributed by atoms with E-state index >= 15 is 0 Å². The van der Waals surface area contributed by atoms with Gasteiger partial charge < -0.3 is 4.42 Å². The number of furan rings is 1. The molecule has 0 spiro atoms. The van der Waals surface area contributed by atoms with Crippen molar-refractivity contribution in [3.8, 4) is 33.4 Å². The standard InChI is InChI=1S/C31H22O/c1-21-9-11-22(12-10-21)25-5-4-6-26(19-25)23-13-15-24(16-14-23)27-17-18-31-29(20-27)28-7-2-3-8-30(28)32-31/h2-20H,1H3. The van der Waals surface area contributed by atoms with Crippen LogP contribution in [-0.2, 0) is 0 Å². The van der Waals surface area contributed by atoms with Crippen molar-refractivity contribution < 1.29 is 4.42 Å². The fourth-order valence-electron chi connectivity index (χ4n) is 4.39. The molecule has 32 heavy (non-hydrogen) atoms. The first-order valence-corrected chi connectivity index (χ1v) is 10.9. The largest absolute Gasteiger partial charge is 0.456 e. The highest BCUT2D eigenvalue weighted by molar-refractivity contribution is 6.06. The molecule has 6 aromatic rings. The second-order valence-electron chi connectivity index (χ2n) is 8.33. The predicted molar refractivity (Wildman–Crippen MR) is 135 cm³/mol. The molecule has 1 aromatic heterocycles. The van der Waals surface area contributed by atoms with Crippen LogP contribution in [0.1, 0.15) is 5.56 Å². The molecule has 0 atom stereocenters. The van der Waals surface area contributed by atoms with E-state index in [0.717, 1.165) is 21.9 Å². The fourth-order valence-corrected chi connectivity index (χ4v) is 4.39. The van der Waals surface area contributed by atoms with E-state index in [1.54, 1.807) is 0 Å². The Hall–Kier alpha value is -4.10. The normalized spacial score (nSPS) is 11.3. The van der Waals surface area contributed by atoms with Gasteiger partial charge in [0, 0.05) is 10.8 Å². The van der Waals surface area contributed by atoms with Crippen LogP contribution in [0.2, 0.25) is 0 Å². The number of fused-ring (bicyclic) bond motifs is 3. The molecule has 0 saturated carbocycles. The van der Waals surface area contributed by atoms with Crippen LogP contribution in [-0.4, -0.2) is 0 Å². The number of hydrogen-bond donors (Lipinski definition) is 0.